The molecule has 0 bridgehead atoms. The highest BCUT2D eigenvalue weighted by Crippen LogP contribution is 2.33. The number of hydrogen-bond donors (Lipinski definition) is 1. The summed E-state index contributed by atoms with van der Waals surface area (Å²) >= 11 is 1.61. The number of hydrogen-bond acceptors (Lipinski definition) is 5. The number of amides is 1. The first-order chi connectivity index (χ1) is 9.49. The maximum Gasteiger partial charge on any atom is 0.258 e. The molecular formula is C14H19N3O2S. The number of ether oxygens (including phenoxy) is 1. The Balaban J connectivity index is 2.08. The zero-order chi connectivity index (χ0) is 14.7. The fourth-order valence-electron chi connectivity index (χ4n) is 1.76. The molecule has 1 N–H and O–H groups in total. The minimum atomic E-state index is -0.130. The van der Waals surface area contributed by atoms with Gasteiger partial charge in [-0.1, -0.05) is 13.8 Å². The molecule has 20 heavy (non-hydrogen) atoms. The first kappa shape index (κ1) is 14.7. The van der Waals surface area contributed by atoms with E-state index in [0.29, 0.717) is 18.3 Å². The predicted molar refractivity (Wildman–Crippen MR) is 80.2 cm³/mol. The van der Waals surface area contributed by atoms with Crippen LogP contribution in [-0.4, -0.2) is 29.0 Å². The fourth-order valence-corrected chi connectivity index (χ4v) is 2.75. The van der Waals surface area contributed by atoms with E-state index in [-0.39, 0.29) is 12.5 Å². The minimum absolute atomic E-state index is 0.0207. The van der Waals surface area contributed by atoms with Crippen LogP contribution in [0.25, 0.3) is 10.2 Å². The summed E-state index contributed by atoms with van der Waals surface area (Å²) in [5.41, 5.74) is 1.11. The summed E-state index contributed by atoms with van der Waals surface area (Å²) in [5.74, 6) is 0.776. The van der Waals surface area contributed by atoms with Gasteiger partial charge in [0, 0.05) is 11.4 Å². The Labute approximate surface area is 122 Å². The highest BCUT2D eigenvalue weighted by atomic mass is 32.1. The van der Waals surface area contributed by atoms with Crippen LogP contribution in [0.5, 0.6) is 5.88 Å². The maximum absolute atomic E-state index is 11.7. The van der Waals surface area contributed by atoms with Crippen molar-refractivity contribution in [2.75, 3.05) is 13.2 Å². The molecule has 0 saturated heterocycles. The number of aryl methyl sites for hydroxylation is 2. The Hall–Kier alpha value is -1.69. The van der Waals surface area contributed by atoms with E-state index in [2.05, 4.69) is 15.3 Å². The van der Waals surface area contributed by atoms with Crippen LogP contribution >= 0.6 is 11.3 Å². The van der Waals surface area contributed by atoms with Crippen LogP contribution in [0.3, 0.4) is 0 Å². The third-order valence-electron chi connectivity index (χ3n) is 2.98. The molecular weight excluding hydrogens is 274 g/mol. The van der Waals surface area contributed by atoms with Crippen molar-refractivity contribution in [2.45, 2.75) is 27.7 Å². The van der Waals surface area contributed by atoms with Crippen LogP contribution in [0.15, 0.2) is 6.33 Å². The zero-order valence-electron chi connectivity index (χ0n) is 12.2. The third-order valence-corrected chi connectivity index (χ3v) is 4.09. The second kappa shape index (κ2) is 6.17. The lowest BCUT2D eigenvalue weighted by atomic mass is 10.2. The van der Waals surface area contributed by atoms with Crippen molar-refractivity contribution in [3.05, 3.63) is 16.8 Å². The topological polar surface area (TPSA) is 64.1 Å². The largest absolute Gasteiger partial charge is 0.467 e. The molecule has 2 aromatic heterocycles. The number of carbonyl (C=O) groups excluding carboxylic acids is 1. The van der Waals surface area contributed by atoms with E-state index in [1.807, 2.05) is 27.7 Å². The van der Waals surface area contributed by atoms with E-state index < -0.39 is 0 Å². The molecule has 0 radical (unpaired) electrons. The quantitative estimate of drug-likeness (QED) is 0.919. The predicted octanol–water partition coefficient (Wildman–Crippen LogP) is 2.46. The standard InChI is InChI=1S/C14H19N3O2S/c1-8(2)5-15-11(18)6-19-13-12-9(3)10(4)20-14(12)17-7-16-13/h7-8H,5-6H2,1-4H3,(H,15,18). The van der Waals surface area contributed by atoms with E-state index in [0.717, 1.165) is 15.8 Å². The van der Waals surface area contributed by atoms with Crippen LogP contribution in [0, 0.1) is 19.8 Å². The summed E-state index contributed by atoms with van der Waals surface area (Å²) in [5, 5.41) is 3.72. The van der Waals surface area contributed by atoms with Crippen molar-refractivity contribution in [1.82, 2.24) is 15.3 Å². The van der Waals surface area contributed by atoms with Gasteiger partial charge in [0.1, 0.15) is 11.2 Å². The van der Waals surface area contributed by atoms with Crippen LogP contribution < -0.4 is 10.1 Å². The molecule has 2 rings (SSSR count). The molecule has 108 valence electrons. The molecule has 0 aliphatic heterocycles. The van der Waals surface area contributed by atoms with Gasteiger partial charge in [0.25, 0.3) is 5.91 Å². The average molecular weight is 293 g/mol. The van der Waals surface area contributed by atoms with Gasteiger partial charge in [-0.3, -0.25) is 4.79 Å². The summed E-state index contributed by atoms with van der Waals surface area (Å²) in [7, 11) is 0. The normalized spacial score (nSPS) is 11.1. The molecule has 0 saturated carbocycles. The summed E-state index contributed by atoms with van der Waals surface area (Å²) in [4.78, 5) is 22.1. The summed E-state index contributed by atoms with van der Waals surface area (Å²) in [6.45, 7) is 8.79. The second-order valence-corrected chi connectivity index (χ2v) is 6.33. The Kier molecular flexibility index (Phi) is 4.54. The SMILES string of the molecule is Cc1sc2ncnc(OCC(=O)NCC(C)C)c2c1C. The molecule has 0 fully saturated rings. The van der Waals surface area contributed by atoms with Gasteiger partial charge in [0.2, 0.25) is 5.88 Å². The lowest BCUT2D eigenvalue weighted by Crippen LogP contribution is -2.31. The monoisotopic (exact) mass is 293 g/mol. The number of rotatable bonds is 5. The van der Waals surface area contributed by atoms with Crippen LogP contribution in [0.4, 0.5) is 0 Å². The van der Waals surface area contributed by atoms with Crippen molar-refractivity contribution < 1.29 is 9.53 Å². The Morgan fingerprint density at radius 1 is 1.40 bits per heavy atom. The first-order valence-electron chi connectivity index (χ1n) is 6.59. The van der Waals surface area contributed by atoms with Crippen molar-refractivity contribution in [1.29, 1.82) is 0 Å². The smallest absolute Gasteiger partial charge is 0.258 e. The highest BCUT2D eigenvalue weighted by molar-refractivity contribution is 7.18. The maximum atomic E-state index is 11.7. The molecule has 2 heterocycles. The van der Waals surface area contributed by atoms with E-state index in [9.17, 15) is 4.79 Å². The number of thiophene rings is 1. The summed E-state index contributed by atoms with van der Waals surface area (Å²) in [6, 6.07) is 0. The van der Waals surface area contributed by atoms with E-state index >= 15 is 0 Å². The summed E-state index contributed by atoms with van der Waals surface area (Å²) in [6.07, 6.45) is 1.47. The van der Waals surface area contributed by atoms with Crippen LogP contribution in [0.1, 0.15) is 24.3 Å². The summed E-state index contributed by atoms with van der Waals surface area (Å²) < 4.78 is 5.55. The van der Waals surface area contributed by atoms with Gasteiger partial charge >= 0.3 is 0 Å². The molecule has 5 nitrogen and oxygen atoms in total. The van der Waals surface area contributed by atoms with E-state index in [1.165, 1.54) is 11.2 Å². The molecule has 0 aliphatic carbocycles. The number of nitrogens with one attached hydrogen (secondary N) is 1. The Morgan fingerprint density at radius 3 is 2.85 bits per heavy atom. The van der Waals surface area contributed by atoms with Gasteiger partial charge in [-0.05, 0) is 25.3 Å². The molecule has 0 aromatic carbocycles. The average Bonchev–Trinajstić information content (AvgIpc) is 2.70. The number of carbonyl (C=O) groups is 1. The van der Waals surface area contributed by atoms with Crippen molar-refractivity contribution in [2.24, 2.45) is 5.92 Å². The Morgan fingerprint density at radius 2 is 2.15 bits per heavy atom. The molecule has 0 atom stereocenters. The van der Waals surface area contributed by atoms with Gasteiger partial charge in [0.15, 0.2) is 6.61 Å². The lowest BCUT2D eigenvalue weighted by Gasteiger charge is -2.09. The second-order valence-electron chi connectivity index (χ2n) is 5.13. The van der Waals surface area contributed by atoms with Crippen molar-refractivity contribution in [3.8, 4) is 5.88 Å². The Bertz CT molecular complexity index is 622. The number of fused-ring (bicyclic) bond motifs is 1. The van der Waals surface area contributed by atoms with Crippen LogP contribution in [-0.2, 0) is 4.79 Å². The molecule has 0 aliphatic rings. The zero-order valence-corrected chi connectivity index (χ0v) is 13.0. The fraction of sp³-hybridized carbons (Fsp3) is 0.500. The first-order valence-corrected chi connectivity index (χ1v) is 7.41. The van der Waals surface area contributed by atoms with Gasteiger partial charge in [-0.2, -0.15) is 0 Å². The molecule has 0 unspecified atom stereocenters. The number of nitrogens with zero attached hydrogens (tertiary/aromatic N) is 2. The van der Waals surface area contributed by atoms with E-state index in [1.54, 1.807) is 11.3 Å². The lowest BCUT2D eigenvalue weighted by molar-refractivity contribution is -0.123. The molecule has 6 heteroatoms. The van der Waals surface area contributed by atoms with Gasteiger partial charge in [0.05, 0.1) is 5.39 Å². The molecule has 2 aromatic rings. The van der Waals surface area contributed by atoms with Gasteiger partial charge in [-0.25, -0.2) is 9.97 Å². The van der Waals surface area contributed by atoms with Crippen molar-refractivity contribution in [3.63, 3.8) is 0 Å². The van der Waals surface area contributed by atoms with E-state index in [4.69, 9.17) is 4.74 Å². The minimum Gasteiger partial charge on any atom is -0.467 e. The van der Waals surface area contributed by atoms with Crippen molar-refractivity contribution >= 4 is 27.5 Å². The van der Waals surface area contributed by atoms with Crippen LogP contribution in [0.2, 0.25) is 0 Å². The van der Waals surface area contributed by atoms with Gasteiger partial charge in [-0.15, -0.1) is 11.3 Å². The molecule has 1 amide bonds. The molecule has 0 spiro atoms. The highest BCUT2D eigenvalue weighted by Gasteiger charge is 2.14. The number of aromatic nitrogens is 2. The van der Waals surface area contributed by atoms with Gasteiger partial charge < -0.3 is 10.1 Å². The third kappa shape index (κ3) is 3.25.